The van der Waals surface area contributed by atoms with Gasteiger partial charge >= 0.3 is 0 Å². The van der Waals surface area contributed by atoms with Crippen LogP contribution in [0.25, 0.3) is 0 Å². The van der Waals surface area contributed by atoms with Crippen LogP contribution in [0.4, 0.5) is 0 Å². The minimum atomic E-state index is 0.172. The molecule has 1 amide bonds. The van der Waals surface area contributed by atoms with E-state index in [9.17, 15) is 4.79 Å². The summed E-state index contributed by atoms with van der Waals surface area (Å²) in [5.41, 5.74) is 4.81. The summed E-state index contributed by atoms with van der Waals surface area (Å²) in [6.45, 7) is 5.46. The lowest BCUT2D eigenvalue weighted by Crippen LogP contribution is -2.37. The van der Waals surface area contributed by atoms with Crippen LogP contribution in [0.5, 0.6) is 0 Å². The standard InChI is InChI=1S/C20H24N2O/c1-15-6-3-7-17(12-15)13-19-9-4-10-20(21-19)18-8-5-11-22(14-18)16(2)23/h3-4,6-7,9-10,12,18H,5,8,11,13-14H2,1-2H3. The second-order valence-corrected chi connectivity index (χ2v) is 6.52. The number of amides is 1. The molecule has 3 rings (SSSR count). The molecule has 0 bridgehead atoms. The third kappa shape index (κ3) is 3.98. The first-order chi connectivity index (χ1) is 11.1. The van der Waals surface area contributed by atoms with Crippen LogP contribution in [0, 0.1) is 6.92 Å². The number of aryl methyl sites for hydroxylation is 1. The van der Waals surface area contributed by atoms with E-state index in [-0.39, 0.29) is 5.91 Å². The van der Waals surface area contributed by atoms with Crippen LogP contribution in [0.3, 0.4) is 0 Å². The number of piperidine rings is 1. The Morgan fingerprint density at radius 3 is 2.87 bits per heavy atom. The Morgan fingerprint density at radius 2 is 2.09 bits per heavy atom. The Balaban J connectivity index is 1.75. The maximum atomic E-state index is 11.6. The van der Waals surface area contributed by atoms with E-state index in [0.29, 0.717) is 5.92 Å². The number of hydrogen-bond donors (Lipinski definition) is 0. The zero-order chi connectivity index (χ0) is 16.2. The van der Waals surface area contributed by atoms with E-state index in [1.807, 2.05) is 4.90 Å². The SMILES string of the molecule is CC(=O)N1CCCC(c2cccc(Cc3cccc(C)c3)n2)C1. The second kappa shape index (κ2) is 6.95. The first-order valence-corrected chi connectivity index (χ1v) is 8.39. The molecule has 1 aromatic carbocycles. The van der Waals surface area contributed by atoms with Crippen molar-refractivity contribution in [1.82, 2.24) is 9.88 Å². The number of aromatic nitrogens is 1. The minimum absolute atomic E-state index is 0.172. The van der Waals surface area contributed by atoms with Gasteiger partial charge in [0.05, 0.1) is 0 Å². The van der Waals surface area contributed by atoms with Crippen LogP contribution < -0.4 is 0 Å². The number of pyridine rings is 1. The Hall–Kier alpha value is -2.16. The second-order valence-electron chi connectivity index (χ2n) is 6.52. The molecule has 2 aromatic rings. The predicted octanol–water partition coefficient (Wildman–Crippen LogP) is 3.71. The summed E-state index contributed by atoms with van der Waals surface area (Å²) >= 11 is 0. The molecule has 0 N–H and O–H groups in total. The van der Waals surface area contributed by atoms with Gasteiger partial charge in [-0.05, 0) is 37.5 Å². The average molecular weight is 308 g/mol. The summed E-state index contributed by atoms with van der Waals surface area (Å²) in [6, 6.07) is 14.9. The van der Waals surface area contributed by atoms with Gasteiger partial charge in [0.15, 0.2) is 0 Å². The van der Waals surface area contributed by atoms with Crippen molar-refractivity contribution in [2.75, 3.05) is 13.1 Å². The molecule has 120 valence electrons. The summed E-state index contributed by atoms with van der Waals surface area (Å²) in [5, 5.41) is 0. The molecule has 1 aromatic heterocycles. The fraction of sp³-hybridized carbons (Fsp3) is 0.400. The average Bonchev–Trinajstić information content (AvgIpc) is 2.55. The maximum Gasteiger partial charge on any atom is 0.219 e. The topological polar surface area (TPSA) is 33.2 Å². The zero-order valence-corrected chi connectivity index (χ0v) is 14.0. The molecule has 0 spiro atoms. The number of rotatable bonds is 3. The van der Waals surface area contributed by atoms with Crippen molar-refractivity contribution in [1.29, 1.82) is 0 Å². The van der Waals surface area contributed by atoms with Gasteiger partial charge in [-0.15, -0.1) is 0 Å². The highest BCUT2D eigenvalue weighted by Crippen LogP contribution is 2.26. The highest BCUT2D eigenvalue weighted by atomic mass is 16.2. The largest absolute Gasteiger partial charge is 0.342 e. The van der Waals surface area contributed by atoms with Gasteiger partial charge < -0.3 is 4.90 Å². The quantitative estimate of drug-likeness (QED) is 0.866. The van der Waals surface area contributed by atoms with E-state index >= 15 is 0 Å². The monoisotopic (exact) mass is 308 g/mol. The molecule has 0 saturated carbocycles. The van der Waals surface area contributed by atoms with Gasteiger partial charge in [0.25, 0.3) is 0 Å². The fourth-order valence-corrected chi connectivity index (χ4v) is 3.36. The van der Waals surface area contributed by atoms with Crippen LogP contribution in [0.1, 0.15) is 48.2 Å². The zero-order valence-electron chi connectivity index (χ0n) is 14.0. The van der Waals surface area contributed by atoms with Crippen LogP contribution in [-0.4, -0.2) is 28.9 Å². The first-order valence-electron chi connectivity index (χ1n) is 8.39. The van der Waals surface area contributed by atoms with E-state index < -0.39 is 0 Å². The number of likely N-dealkylation sites (tertiary alicyclic amines) is 1. The van der Waals surface area contributed by atoms with Crippen LogP contribution in [0.15, 0.2) is 42.5 Å². The summed E-state index contributed by atoms with van der Waals surface area (Å²) in [5.74, 6) is 0.538. The molecule has 1 aliphatic heterocycles. The number of benzene rings is 1. The Bertz CT molecular complexity index is 696. The number of hydrogen-bond acceptors (Lipinski definition) is 2. The van der Waals surface area contributed by atoms with E-state index in [4.69, 9.17) is 4.98 Å². The number of carbonyl (C=O) groups excluding carboxylic acids is 1. The highest BCUT2D eigenvalue weighted by molar-refractivity contribution is 5.73. The molecule has 1 aliphatic rings. The van der Waals surface area contributed by atoms with Crippen LogP contribution in [-0.2, 0) is 11.2 Å². The van der Waals surface area contributed by atoms with Gasteiger partial charge in [0.1, 0.15) is 0 Å². The van der Waals surface area contributed by atoms with Crippen molar-refractivity contribution in [3.05, 3.63) is 65.0 Å². The predicted molar refractivity (Wildman–Crippen MR) is 92.5 cm³/mol. The summed E-state index contributed by atoms with van der Waals surface area (Å²) in [6.07, 6.45) is 3.04. The Kier molecular flexibility index (Phi) is 4.75. The molecule has 0 aliphatic carbocycles. The maximum absolute atomic E-state index is 11.6. The first kappa shape index (κ1) is 15.7. The molecule has 3 nitrogen and oxygen atoms in total. The molecular formula is C20H24N2O. The van der Waals surface area contributed by atoms with Crippen molar-refractivity contribution < 1.29 is 4.79 Å². The lowest BCUT2D eigenvalue weighted by atomic mass is 9.94. The lowest BCUT2D eigenvalue weighted by Gasteiger charge is -2.31. The van der Waals surface area contributed by atoms with Gasteiger partial charge in [-0.1, -0.05) is 35.9 Å². The van der Waals surface area contributed by atoms with E-state index in [1.54, 1.807) is 6.92 Å². The van der Waals surface area contributed by atoms with E-state index in [0.717, 1.165) is 43.7 Å². The van der Waals surface area contributed by atoms with E-state index in [2.05, 4.69) is 49.4 Å². The van der Waals surface area contributed by atoms with Crippen molar-refractivity contribution >= 4 is 5.91 Å². The van der Waals surface area contributed by atoms with Gasteiger partial charge in [-0.3, -0.25) is 9.78 Å². The molecule has 1 atom stereocenters. The molecular weight excluding hydrogens is 284 g/mol. The van der Waals surface area contributed by atoms with Gasteiger partial charge in [0.2, 0.25) is 5.91 Å². The molecule has 1 saturated heterocycles. The minimum Gasteiger partial charge on any atom is -0.342 e. The van der Waals surface area contributed by atoms with Crippen LogP contribution in [0.2, 0.25) is 0 Å². The summed E-state index contributed by atoms with van der Waals surface area (Å²) in [4.78, 5) is 18.4. The molecule has 1 fully saturated rings. The third-order valence-corrected chi connectivity index (χ3v) is 4.58. The third-order valence-electron chi connectivity index (χ3n) is 4.58. The van der Waals surface area contributed by atoms with Crippen molar-refractivity contribution in [2.45, 2.75) is 39.0 Å². The molecule has 0 radical (unpaired) electrons. The highest BCUT2D eigenvalue weighted by Gasteiger charge is 2.23. The summed E-state index contributed by atoms with van der Waals surface area (Å²) in [7, 11) is 0. The number of nitrogens with zero attached hydrogens (tertiary/aromatic N) is 2. The molecule has 1 unspecified atom stereocenters. The van der Waals surface area contributed by atoms with Crippen LogP contribution >= 0.6 is 0 Å². The van der Waals surface area contributed by atoms with E-state index in [1.165, 1.54) is 11.1 Å². The lowest BCUT2D eigenvalue weighted by molar-refractivity contribution is -0.130. The molecule has 2 heterocycles. The summed E-state index contributed by atoms with van der Waals surface area (Å²) < 4.78 is 0. The smallest absolute Gasteiger partial charge is 0.219 e. The fourth-order valence-electron chi connectivity index (χ4n) is 3.36. The molecule has 23 heavy (non-hydrogen) atoms. The Morgan fingerprint density at radius 1 is 1.26 bits per heavy atom. The number of carbonyl (C=O) groups is 1. The van der Waals surface area contributed by atoms with Crippen molar-refractivity contribution in [3.63, 3.8) is 0 Å². The van der Waals surface area contributed by atoms with Crippen molar-refractivity contribution in [2.24, 2.45) is 0 Å². The van der Waals surface area contributed by atoms with Gasteiger partial charge in [0, 0.05) is 43.7 Å². The van der Waals surface area contributed by atoms with Crippen molar-refractivity contribution in [3.8, 4) is 0 Å². The Labute approximate surface area is 138 Å². The normalized spacial score (nSPS) is 18.0. The molecule has 3 heteroatoms. The van der Waals surface area contributed by atoms with Gasteiger partial charge in [-0.2, -0.15) is 0 Å². The van der Waals surface area contributed by atoms with Gasteiger partial charge in [-0.25, -0.2) is 0 Å².